The van der Waals surface area contributed by atoms with E-state index in [-0.39, 0.29) is 18.1 Å². The fraction of sp³-hybridized carbons (Fsp3) is 0.381. The molecule has 1 aromatic carbocycles. The number of hydrogen-bond donors (Lipinski definition) is 1. The van der Waals surface area contributed by atoms with E-state index < -0.39 is 0 Å². The van der Waals surface area contributed by atoms with E-state index in [2.05, 4.69) is 15.5 Å². The standard InChI is InChI=1S/C21H19N3O3/c1-10-18-14(20(25)22-16-9-17-12-7-13(12)19(16)26-17)8-15(23-21(18)27-24-10)11-5-3-2-4-6-11/h2-6,8,12-13,16-17,19H,7,9H2,1H3,(H,22,25)/t12-,13+,16-,17+,19+/m1/s1. The number of hydrogen-bond acceptors (Lipinski definition) is 5. The third-order valence-corrected chi connectivity index (χ3v) is 6.25. The largest absolute Gasteiger partial charge is 0.372 e. The Hall–Kier alpha value is -2.73. The Balaban J connectivity index is 1.38. The van der Waals surface area contributed by atoms with Crippen molar-refractivity contribution in [2.75, 3.05) is 0 Å². The molecule has 3 aromatic rings. The Morgan fingerprint density at radius 1 is 1.19 bits per heavy atom. The highest BCUT2D eigenvalue weighted by molar-refractivity contribution is 6.07. The summed E-state index contributed by atoms with van der Waals surface area (Å²) in [6.07, 6.45) is 2.68. The van der Waals surface area contributed by atoms with E-state index in [0.717, 1.165) is 17.9 Å². The van der Waals surface area contributed by atoms with Gasteiger partial charge in [0.05, 0.1) is 40.6 Å². The number of benzene rings is 1. The molecule has 2 aliphatic heterocycles. The second kappa shape index (κ2) is 5.39. The minimum atomic E-state index is -0.107. The molecule has 5 atom stereocenters. The van der Waals surface area contributed by atoms with Gasteiger partial charge in [-0.1, -0.05) is 35.5 Å². The third kappa shape index (κ3) is 2.26. The summed E-state index contributed by atoms with van der Waals surface area (Å²) >= 11 is 0. The van der Waals surface area contributed by atoms with E-state index in [1.807, 2.05) is 43.3 Å². The zero-order chi connectivity index (χ0) is 18.1. The summed E-state index contributed by atoms with van der Waals surface area (Å²) in [5.74, 6) is 1.27. The van der Waals surface area contributed by atoms with Crippen LogP contribution < -0.4 is 5.32 Å². The monoisotopic (exact) mass is 361 g/mol. The van der Waals surface area contributed by atoms with Gasteiger partial charge in [0, 0.05) is 5.56 Å². The minimum Gasteiger partial charge on any atom is -0.372 e. The molecule has 0 unspecified atom stereocenters. The molecule has 136 valence electrons. The van der Waals surface area contributed by atoms with Gasteiger partial charge in [-0.2, -0.15) is 0 Å². The summed E-state index contributed by atoms with van der Waals surface area (Å²) in [5.41, 5.74) is 3.27. The van der Waals surface area contributed by atoms with Gasteiger partial charge >= 0.3 is 0 Å². The van der Waals surface area contributed by atoms with Crippen LogP contribution in [0.5, 0.6) is 0 Å². The Kier molecular flexibility index (Phi) is 3.06. The molecule has 3 aliphatic rings. The molecular weight excluding hydrogens is 342 g/mol. The summed E-state index contributed by atoms with van der Waals surface area (Å²) in [7, 11) is 0. The number of ether oxygens (including phenoxy) is 1. The number of amides is 1. The third-order valence-electron chi connectivity index (χ3n) is 6.25. The Morgan fingerprint density at radius 3 is 2.81 bits per heavy atom. The van der Waals surface area contributed by atoms with Crippen LogP contribution in [-0.4, -0.2) is 34.3 Å². The summed E-state index contributed by atoms with van der Waals surface area (Å²) in [6.45, 7) is 1.84. The summed E-state index contributed by atoms with van der Waals surface area (Å²) in [6, 6.07) is 11.7. The van der Waals surface area contributed by atoms with Gasteiger partial charge in [0.2, 0.25) is 0 Å². The van der Waals surface area contributed by atoms with Crippen LogP contribution in [0.15, 0.2) is 40.9 Å². The van der Waals surface area contributed by atoms with Crippen LogP contribution >= 0.6 is 0 Å². The SMILES string of the molecule is Cc1noc2nc(-c3ccccc3)cc(C(=O)N[C@@H]3C[C@@H]4O[C@H]3[C@H]3C[C@H]34)c12. The number of pyridine rings is 1. The van der Waals surface area contributed by atoms with Gasteiger partial charge in [0.25, 0.3) is 11.6 Å². The van der Waals surface area contributed by atoms with Crippen LogP contribution in [-0.2, 0) is 4.74 Å². The van der Waals surface area contributed by atoms with Crippen LogP contribution in [0, 0.1) is 18.8 Å². The number of fused-ring (bicyclic) bond motifs is 6. The number of carbonyl (C=O) groups excluding carboxylic acids is 1. The first kappa shape index (κ1) is 15.3. The lowest BCUT2D eigenvalue weighted by Crippen LogP contribution is -2.42. The van der Waals surface area contributed by atoms with Crippen molar-refractivity contribution >= 4 is 17.0 Å². The van der Waals surface area contributed by atoms with Gasteiger partial charge in [-0.25, -0.2) is 4.98 Å². The number of carbonyl (C=O) groups is 1. The molecule has 2 aromatic heterocycles. The average Bonchev–Trinajstić information content (AvgIpc) is 3.12. The Labute approximate surface area is 155 Å². The fourth-order valence-electron chi connectivity index (χ4n) is 4.87. The number of nitrogens with one attached hydrogen (secondary N) is 1. The van der Waals surface area contributed by atoms with Crippen molar-refractivity contribution < 1.29 is 14.1 Å². The molecular formula is C21H19N3O3. The summed E-state index contributed by atoms with van der Waals surface area (Å²) < 4.78 is 11.4. The van der Waals surface area contributed by atoms with E-state index in [0.29, 0.717) is 40.1 Å². The molecule has 0 spiro atoms. The molecule has 3 fully saturated rings. The summed E-state index contributed by atoms with van der Waals surface area (Å²) in [4.78, 5) is 17.7. The molecule has 2 bridgehead atoms. The second-order valence-electron chi connectivity index (χ2n) is 7.89. The van der Waals surface area contributed by atoms with Crippen LogP contribution in [0.4, 0.5) is 0 Å². The van der Waals surface area contributed by atoms with Crippen LogP contribution in [0.3, 0.4) is 0 Å². The van der Waals surface area contributed by atoms with Crippen molar-refractivity contribution in [1.29, 1.82) is 0 Å². The lowest BCUT2D eigenvalue weighted by molar-refractivity contribution is 0.0632. The van der Waals surface area contributed by atoms with Gasteiger partial charge in [0.1, 0.15) is 0 Å². The quantitative estimate of drug-likeness (QED) is 0.776. The first-order valence-corrected chi connectivity index (χ1v) is 9.48. The van der Waals surface area contributed by atoms with E-state index in [1.165, 1.54) is 6.42 Å². The lowest BCUT2D eigenvalue weighted by Gasteiger charge is -2.20. The van der Waals surface area contributed by atoms with Crippen LogP contribution in [0.2, 0.25) is 0 Å². The van der Waals surface area contributed by atoms with Crippen LogP contribution in [0.1, 0.15) is 28.9 Å². The Morgan fingerprint density at radius 2 is 2.04 bits per heavy atom. The van der Waals surface area contributed by atoms with Crippen molar-refractivity contribution in [3.05, 3.63) is 47.7 Å². The van der Waals surface area contributed by atoms with Gasteiger partial charge < -0.3 is 14.6 Å². The molecule has 6 heteroatoms. The van der Waals surface area contributed by atoms with Gasteiger partial charge in [-0.3, -0.25) is 4.79 Å². The zero-order valence-corrected chi connectivity index (χ0v) is 14.9. The molecule has 6 nitrogen and oxygen atoms in total. The van der Waals surface area contributed by atoms with Crippen molar-refractivity contribution in [1.82, 2.24) is 15.5 Å². The van der Waals surface area contributed by atoms with Gasteiger partial charge in [0.15, 0.2) is 0 Å². The maximum atomic E-state index is 13.2. The normalized spacial score (nSPS) is 30.5. The molecule has 1 N–H and O–H groups in total. The highest BCUT2D eigenvalue weighted by Crippen LogP contribution is 2.58. The number of aromatic nitrogens is 2. The van der Waals surface area contributed by atoms with Crippen molar-refractivity contribution in [2.45, 2.75) is 38.0 Å². The number of rotatable bonds is 3. The number of aryl methyl sites for hydroxylation is 1. The summed E-state index contributed by atoms with van der Waals surface area (Å²) in [5, 5.41) is 7.91. The second-order valence-corrected chi connectivity index (χ2v) is 7.89. The highest BCUT2D eigenvalue weighted by Gasteiger charge is 2.63. The lowest BCUT2D eigenvalue weighted by atomic mass is 9.95. The van der Waals surface area contributed by atoms with E-state index in [1.54, 1.807) is 0 Å². The maximum absolute atomic E-state index is 13.2. The molecule has 2 saturated heterocycles. The highest BCUT2D eigenvalue weighted by atomic mass is 16.5. The molecule has 27 heavy (non-hydrogen) atoms. The average molecular weight is 361 g/mol. The molecule has 0 radical (unpaired) electrons. The molecule has 1 saturated carbocycles. The molecule has 6 rings (SSSR count). The Bertz CT molecular complexity index is 1060. The minimum absolute atomic E-state index is 0.0924. The van der Waals surface area contributed by atoms with Crippen molar-refractivity contribution in [3.8, 4) is 11.3 Å². The van der Waals surface area contributed by atoms with Gasteiger partial charge in [-0.15, -0.1) is 0 Å². The first-order chi connectivity index (χ1) is 13.2. The van der Waals surface area contributed by atoms with E-state index >= 15 is 0 Å². The molecule has 4 heterocycles. The van der Waals surface area contributed by atoms with Crippen LogP contribution in [0.25, 0.3) is 22.4 Å². The van der Waals surface area contributed by atoms with Crippen molar-refractivity contribution in [2.24, 2.45) is 11.8 Å². The van der Waals surface area contributed by atoms with Gasteiger partial charge in [-0.05, 0) is 37.7 Å². The maximum Gasteiger partial charge on any atom is 0.259 e. The first-order valence-electron chi connectivity index (χ1n) is 9.48. The zero-order valence-electron chi connectivity index (χ0n) is 14.9. The van der Waals surface area contributed by atoms with E-state index in [9.17, 15) is 4.79 Å². The van der Waals surface area contributed by atoms with E-state index in [4.69, 9.17) is 9.26 Å². The fourth-order valence-corrected chi connectivity index (χ4v) is 4.87. The smallest absolute Gasteiger partial charge is 0.259 e. The predicted octanol–water partition coefficient (Wildman–Crippen LogP) is 3.10. The molecule has 1 aliphatic carbocycles. The predicted molar refractivity (Wildman–Crippen MR) is 98.1 cm³/mol. The number of nitrogens with zero attached hydrogens (tertiary/aromatic N) is 2. The topological polar surface area (TPSA) is 77.2 Å². The molecule has 1 amide bonds. The van der Waals surface area contributed by atoms with Crippen molar-refractivity contribution in [3.63, 3.8) is 0 Å².